The third-order valence-corrected chi connectivity index (χ3v) is 3.95. The summed E-state index contributed by atoms with van der Waals surface area (Å²) in [7, 11) is 0. The van der Waals surface area contributed by atoms with Crippen LogP contribution in [-0.4, -0.2) is 27.3 Å². The monoisotopic (exact) mass is 326 g/mol. The maximum absolute atomic E-state index is 12.7. The highest BCUT2D eigenvalue weighted by Crippen LogP contribution is 2.36. The second kappa shape index (κ2) is 6.86. The van der Waals surface area contributed by atoms with Gasteiger partial charge in [-0.1, -0.05) is 43.7 Å². The van der Waals surface area contributed by atoms with Crippen molar-refractivity contribution in [3.8, 4) is 0 Å². The van der Waals surface area contributed by atoms with Gasteiger partial charge in [0.1, 0.15) is 11.9 Å². The number of allylic oxidation sites excluding steroid dienone is 1. The van der Waals surface area contributed by atoms with Crippen LogP contribution in [0.3, 0.4) is 0 Å². The van der Waals surface area contributed by atoms with Crippen molar-refractivity contribution in [2.24, 2.45) is 0 Å². The number of aromatic nitrogens is 3. The highest BCUT2D eigenvalue weighted by molar-refractivity contribution is 5.92. The summed E-state index contributed by atoms with van der Waals surface area (Å²) in [6.45, 7) is 6.08. The largest absolute Gasteiger partial charge is 0.463 e. The average Bonchev–Trinajstić information content (AvgIpc) is 2.94. The van der Waals surface area contributed by atoms with Gasteiger partial charge in [0, 0.05) is 5.70 Å². The molecule has 0 amide bonds. The van der Waals surface area contributed by atoms with E-state index in [2.05, 4.69) is 22.3 Å². The molecule has 1 aromatic carbocycles. The Morgan fingerprint density at radius 2 is 2.04 bits per heavy atom. The van der Waals surface area contributed by atoms with Gasteiger partial charge < -0.3 is 10.1 Å². The zero-order valence-electron chi connectivity index (χ0n) is 14.2. The third-order valence-electron chi connectivity index (χ3n) is 3.95. The molecule has 0 spiro atoms. The van der Waals surface area contributed by atoms with Crippen LogP contribution in [-0.2, 0) is 9.53 Å². The minimum atomic E-state index is -0.329. The van der Waals surface area contributed by atoms with Gasteiger partial charge in [-0.25, -0.2) is 9.48 Å². The van der Waals surface area contributed by atoms with E-state index in [0.29, 0.717) is 24.0 Å². The SMILES string of the molecule is CCCC1=C(C(=O)OCC)[C@H](c2ccccc2)n2nc(C)nc2N1. The first-order valence-electron chi connectivity index (χ1n) is 8.31. The highest BCUT2D eigenvalue weighted by Gasteiger charge is 2.35. The molecule has 0 saturated heterocycles. The van der Waals surface area contributed by atoms with Gasteiger partial charge in [-0.3, -0.25) is 0 Å². The number of aryl methyl sites for hydroxylation is 1. The Hall–Kier alpha value is -2.63. The molecule has 3 rings (SSSR count). The van der Waals surface area contributed by atoms with Crippen LogP contribution in [0, 0.1) is 6.92 Å². The maximum Gasteiger partial charge on any atom is 0.338 e. The molecule has 0 bridgehead atoms. The lowest BCUT2D eigenvalue weighted by Crippen LogP contribution is -2.30. The van der Waals surface area contributed by atoms with E-state index >= 15 is 0 Å². The Kier molecular flexibility index (Phi) is 4.64. The van der Waals surface area contributed by atoms with Gasteiger partial charge in [-0.15, -0.1) is 0 Å². The maximum atomic E-state index is 12.7. The summed E-state index contributed by atoms with van der Waals surface area (Å²) in [5, 5.41) is 7.77. The van der Waals surface area contributed by atoms with Crippen LogP contribution >= 0.6 is 0 Å². The van der Waals surface area contributed by atoms with Gasteiger partial charge in [-0.2, -0.15) is 10.1 Å². The van der Waals surface area contributed by atoms with Crippen LogP contribution in [0.2, 0.25) is 0 Å². The molecule has 126 valence electrons. The summed E-state index contributed by atoms with van der Waals surface area (Å²) in [4.78, 5) is 17.2. The highest BCUT2D eigenvalue weighted by atomic mass is 16.5. The second-order valence-corrected chi connectivity index (χ2v) is 5.73. The predicted octanol–water partition coefficient (Wildman–Crippen LogP) is 3.22. The lowest BCUT2D eigenvalue weighted by Gasteiger charge is -2.29. The van der Waals surface area contributed by atoms with Crippen LogP contribution in [0.5, 0.6) is 0 Å². The second-order valence-electron chi connectivity index (χ2n) is 5.73. The average molecular weight is 326 g/mol. The molecule has 0 aliphatic carbocycles. The molecule has 2 aromatic rings. The van der Waals surface area contributed by atoms with E-state index in [4.69, 9.17) is 4.74 Å². The number of fused-ring (bicyclic) bond motifs is 1. The zero-order valence-corrected chi connectivity index (χ0v) is 14.2. The quantitative estimate of drug-likeness (QED) is 0.854. The summed E-state index contributed by atoms with van der Waals surface area (Å²) >= 11 is 0. The third kappa shape index (κ3) is 2.91. The number of esters is 1. The van der Waals surface area contributed by atoms with Gasteiger partial charge in [0.05, 0.1) is 12.2 Å². The fraction of sp³-hybridized carbons (Fsp3) is 0.389. The number of nitrogens with zero attached hydrogens (tertiary/aromatic N) is 3. The number of anilines is 1. The summed E-state index contributed by atoms with van der Waals surface area (Å²) in [6.07, 6.45) is 1.67. The summed E-state index contributed by atoms with van der Waals surface area (Å²) in [6, 6.07) is 9.55. The molecule has 1 aromatic heterocycles. The number of nitrogens with one attached hydrogen (secondary N) is 1. The summed E-state index contributed by atoms with van der Waals surface area (Å²) < 4.78 is 7.11. The van der Waals surface area contributed by atoms with Crippen LogP contribution in [0.25, 0.3) is 0 Å². The molecule has 0 saturated carbocycles. The Morgan fingerprint density at radius 1 is 1.29 bits per heavy atom. The summed E-state index contributed by atoms with van der Waals surface area (Å²) in [5.41, 5.74) is 2.47. The van der Waals surface area contributed by atoms with Crippen molar-refractivity contribution in [1.82, 2.24) is 14.8 Å². The van der Waals surface area contributed by atoms with Gasteiger partial charge in [0.15, 0.2) is 0 Å². The molecule has 0 radical (unpaired) electrons. The first-order chi connectivity index (χ1) is 11.7. The molecule has 1 N–H and O–H groups in total. The van der Waals surface area contributed by atoms with Gasteiger partial charge in [0.2, 0.25) is 5.95 Å². The predicted molar refractivity (Wildman–Crippen MR) is 91.5 cm³/mol. The van der Waals surface area contributed by atoms with Crippen LogP contribution in [0.4, 0.5) is 5.95 Å². The number of ether oxygens (including phenoxy) is 1. The van der Waals surface area contributed by atoms with E-state index in [0.717, 1.165) is 24.1 Å². The van der Waals surface area contributed by atoms with E-state index in [-0.39, 0.29) is 12.0 Å². The van der Waals surface area contributed by atoms with Crippen molar-refractivity contribution in [2.75, 3.05) is 11.9 Å². The van der Waals surface area contributed by atoms with Crippen LogP contribution < -0.4 is 5.32 Å². The van der Waals surface area contributed by atoms with Gasteiger partial charge in [0.25, 0.3) is 0 Å². The Balaban J connectivity index is 2.18. The normalized spacial score (nSPS) is 16.5. The minimum Gasteiger partial charge on any atom is -0.463 e. The molecule has 1 aliphatic heterocycles. The first kappa shape index (κ1) is 16.2. The molecular weight excluding hydrogens is 304 g/mol. The molecule has 0 unspecified atom stereocenters. The van der Waals surface area contributed by atoms with Crippen molar-refractivity contribution in [3.63, 3.8) is 0 Å². The lowest BCUT2D eigenvalue weighted by molar-refractivity contribution is -0.139. The van der Waals surface area contributed by atoms with E-state index < -0.39 is 0 Å². The molecule has 6 heteroatoms. The van der Waals surface area contributed by atoms with Gasteiger partial charge >= 0.3 is 5.97 Å². The van der Waals surface area contributed by atoms with Crippen molar-refractivity contribution >= 4 is 11.9 Å². The molecule has 1 aliphatic rings. The fourth-order valence-electron chi connectivity index (χ4n) is 3.02. The number of hydrogen-bond acceptors (Lipinski definition) is 5. The van der Waals surface area contributed by atoms with Crippen molar-refractivity contribution in [3.05, 3.63) is 53.0 Å². The van der Waals surface area contributed by atoms with Crippen molar-refractivity contribution in [2.45, 2.75) is 39.7 Å². The molecule has 1 atom stereocenters. The Morgan fingerprint density at radius 3 is 2.71 bits per heavy atom. The number of carbonyl (C=O) groups is 1. The van der Waals surface area contributed by atoms with Gasteiger partial charge in [-0.05, 0) is 25.8 Å². The number of rotatable bonds is 5. The van der Waals surface area contributed by atoms with E-state index in [1.54, 1.807) is 4.68 Å². The number of carbonyl (C=O) groups excluding carboxylic acids is 1. The number of benzene rings is 1. The lowest BCUT2D eigenvalue weighted by atomic mass is 9.94. The molecular formula is C18H22N4O2. The smallest absolute Gasteiger partial charge is 0.338 e. The van der Waals surface area contributed by atoms with Crippen LogP contribution in [0.15, 0.2) is 41.6 Å². The summed E-state index contributed by atoms with van der Waals surface area (Å²) in [5.74, 6) is 1.03. The zero-order chi connectivity index (χ0) is 17.1. The first-order valence-corrected chi connectivity index (χ1v) is 8.31. The standard InChI is InChI=1S/C18H22N4O2/c1-4-9-14-15(17(23)24-5-2)16(13-10-7-6-8-11-13)22-18(20-14)19-12(3)21-22/h6-8,10-11,16H,4-5,9H2,1-3H3,(H,19,20,21)/t16-/m0/s1. The van der Waals surface area contributed by atoms with E-state index in [1.807, 2.05) is 44.2 Å². The molecule has 24 heavy (non-hydrogen) atoms. The number of hydrogen-bond donors (Lipinski definition) is 1. The van der Waals surface area contributed by atoms with Crippen molar-refractivity contribution in [1.29, 1.82) is 0 Å². The van der Waals surface area contributed by atoms with E-state index in [1.165, 1.54) is 0 Å². The fourth-order valence-corrected chi connectivity index (χ4v) is 3.02. The molecule has 6 nitrogen and oxygen atoms in total. The van der Waals surface area contributed by atoms with Crippen molar-refractivity contribution < 1.29 is 9.53 Å². The molecule has 2 heterocycles. The topological polar surface area (TPSA) is 69.0 Å². The Bertz CT molecular complexity index is 765. The minimum absolute atomic E-state index is 0.305. The Labute approximate surface area is 141 Å². The molecule has 0 fully saturated rings. The van der Waals surface area contributed by atoms with E-state index in [9.17, 15) is 4.79 Å². The van der Waals surface area contributed by atoms with Crippen LogP contribution in [0.1, 0.15) is 44.1 Å².